The Kier molecular flexibility index (Phi) is 11.0. The number of allylic oxidation sites excluding steroid dienone is 2. The topological polar surface area (TPSA) is 91.3 Å². The van der Waals surface area contributed by atoms with Gasteiger partial charge in [0.15, 0.2) is 0 Å². The Balaban J connectivity index is 5.56. The zero-order valence-corrected chi connectivity index (χ0v) is 16.9. The lowest BCUT2D eigenvalue weighted by atomic mass is 9.95. The number of esters is 1. The number of carbonyl (C=O) groups is 2. The fourth-order valence-electron chi connectivity index (χ4n) is 2.11. The minimum Gasteiger partial charge on any atom is -0.459 e. The fraction of sp³-hybridized carbons (Fsp3) is 0.550. The van der Waals surface area contributed by atoms with E-state index < -0.39 is 0 Å². The molecule has 146 valence electrons. The van der Waals surface area contributed by atoms with E-state index in [0.717, 1.165) is 12.0 Å². The van der Waals surface area contributed by atoms with E-state index in [2.05, 4.69) is 17.2 Å². The molecular weight excluding hydrogens is 330 g/mol. The normalized spacial score (nSPS) is 12.5. The molecule has 6 nitrogen and oxygen atoms in total. The van der Waals surface area contributed by atoms with Crippen LogP contribution >= 0.6 is 0 Å². The van der Waals surface area contributed by atoms with Gasteiger partial charge in [-0.3, -0.25) is 9.59 Å². The van der Waals surface area contributed by atoms with E-state index in [1.165, 1.54) is 6.21 Å². The van der Waals surface area contributed by atoms with Crippen molar-refractivity contribution in [3.8, 4) is 0 Å². The van der Waals surface area contributed by atoms with Crippen molar-refractivity contribution in [3.05, 3.63) is 35.2 Å². The van der Waals surface area contributed by atoms with Gasteiger partial charge in [-0.2, -0.15) is 0 Å². The van der Waals surface area contributed by atoms with Crippen molar-refractivity contribution in [3.63, 3.8) is 0 Å². The van der Waals surface area contributed by atoms with Crippen LogP contribution in [0.5, 0.6) is 0 Å². The molecule has 1 amide bonds. The van der Waals surface area contributed by atoms with Gasteiger partial charge in [-0.25, -0.2) is 0 Å². The summed E-state index contributed by atoms with van der Waals surface area (Å²) >= 11 is 0. The standard InChI is InChI=1S/C20H33N3O3/c1-8-9-19(24)26-12-18(22-7)16(10-21)17(14(4)5)11-23-20(25)15(6)13(2)3/h10-11,13-14,21-22H,6,8-9,12H2,1-5,7H3,(H,23,25)/b17-11+,18-16+,21-10?. The highest BCUT2D eigenvalue weighted by atomic mass is 16.5. The first kappa shape index (κ1) is 23.6. The molecule has 0 fully saturated rings. The summed E-state index contributed by atoms with van der Waals surface area (Å²) in [6, 6.07) is 0. The van der Waals surface area contributed by atoms with Gasteiger partial charge in [0, 0.05) is 37.0 Å². The van der Waals surface area contributed by atoms with Crippen LogP contribution in [0.4, 0.5) is 0 Å². The van der Waals surface area contributed by atoms with Gasteiger partial charge in [0.05, 0.1) is 5.70 Å². The van der Waals surface area contributed by atoms with E-state index in [0.29, 0.717) is 23.3 Å². The van der Waals surface area contributed by atoms with Crippen molar-refractivity contribution in [1.29, 1.82) is 5.41 Å². The molecule has 0 atom stereocenters. The molecule has 0 unspecified atom stereocenters. The van der Waals surface area contributed by atoms with Crippen molar-refractivity contribution in [2.45, 2.75) is 47.5 Å². The van der Waals surface area contributed by atoms with E-state index >= 15 is 0 Å². The minimum absolute atomic E-state index is 0.0499. The number of carbonyl (C=O) groups excluding carboxylic acids is 2. The van der Waals surface area contributed by atoms with Gasteiger partial charge in [0.2, 0.25) is 0 Å². The van der Waals surface area contributed by atoms with Crippen LogP contribution in [0.2, 0.25) is 0 Å². The zero-order chi connectivity index (χ0) is 20.3. The summed E-state index contributed by atoms with van der Waals surface area (Å²) in [7, 11) is 1.71. The smallest absolute Gasteiger partial charge is 0.306 e. The van der Waals surface area contributed by atoms with Crippen LogP contribution in [-0.2, 0) is 14.3 Å². The second-order valence-electron chi connectivity index (χ2n) is 6.61. The molecule has 3 N–H and O–H groups in total. The number of ether oxygens (including phenoxy) is 1. The highest BCUT2D eigenvalue weighted by molar-refractivity contribution is 5.94. The van der Waals surface area contributed by atoms with Crippen LogP contribution in [-0.4, -0.2) is 31.7 Å². The van der Waals surface area contributed by atoms with Crippen molar-refractivity contribution < 1.29 is 14.3 Å². The molecule has 0 aliphatic heterocycles. The summed E-state index contributed by atoms with van der Waals surface area (Å²) in [5.74, 6) is -0.424. The Hall–Kier alpha value is -2.37. The fourth-order valence-corrected chi connectivity index (χ4v) is 2.11. The third-order valence-electron chi connectivity index (χ3n) is 3.88. The second-order valence-corrected chi connectivity index (χ2v) is 6.61. The number of rotatable bonds is 11. The van der Waals surface area contributed by atoms with Crippen molar-refractivity contribution >= 4 is 18.1 Å². The molecule has 0 rings (SSSR count). The third kappa shape index (κ3) is 7.68. The molecule has 0 bridgehead atoms. The van der Waals surface area contributed by atoms with Crippen LogP contribution in [0, 0.1) is 17.2 Å². The second kappa shape index (κ2) is 12.1. The summed E-state index contributed by atoms with van der Waals surface area (Å²) in [6.45, 7) is 13.5. The van der Waals surface area contributed by atoms with Crippen molar-refractivity contribution in [1.82, 2.24) is 10.6 Å². The molecule has 26 heavy (non-hydrogen) atoms. The van der Waals surface area contributed by atoms with Crippen LogP contribution in [0.3, 0.4) is 0 Å². The summed E-state index contributed by atoms with van der Waals surface area (Å²) in [6.07, 6.45) is 3.88. The van der Waals surface area contributed by atoms with Gasteiger partial charge in [-0.1, -0.05) is 41.2 Å². The summed E-state index contributed by atoms with van der Waals surface area (Å²) in [5.41, 5.74) is 2.46. The van der Waals surface area contributed by atoms with Gasteiger partial charge in [0.1, 0.15) is 6.61 Å². The van der Waals surface area contributed by atoms with E-state index in [-0.39, 0.29) is 30.3 Å². The maximum absolute atomic E-state index is 12.1. The Bertz CT molecular complexity index is 587. The number of hydrogen-bond acceptors (Lipinski definition) is 5. The summed E-state index contributed by atoms with van der Waals surface area (Å²) in [5, 5.41) is 13.5. The third-order valence-corrected chi connectivity index (χ3v) is 3.88. The van der Waals surface area contributed by atoms with E-state index in [4.69, 9.17) is 10.1 Å². The minimum atomic E-state index is -0.277. The highest BCUT2D eigenvalue weighted by Gasteiger charge is 2.16. The molecule has 0 aliphatic rings. The molecule has 0 aromatic carbocycles. The van der Waals surface area contributed by atoms with Gasteiger partial charge in [-0.15, -0.1) is 0 Å². The zero-order valence-electron chi connectivity index (χ0n) is 16.9. The average molecular weight is 364 g/mol. The molecule has 0 radical (unpaired) electrons. The van der Waals surface area contributed by atoms with Gasteiger partial charge >= 0.3 is 5.97 Å². The number of hydrogen-bond donors (Lipinski definition) is 3. The number of nitrogens with one attached hydrogen (secondary N) is 3. The lowest BCUT2D eigenvalue weighted by Gasteiger charge is -2.18. The van der Waals surface area contributed by atoms with E-state index in [9.17, 15) is 9.59 Å². The van der Waals surface area contributed by atoms with E-state index in [1.807, 2.05) is 34.6 Å². The Morgan fingerprint density at radius 1 is 1.19 bits per heavy atom. The van der Waals surface area contributed by atoms with E-state index in [1.54, 1.807) is 13.2 Å². The van der Waals surface area contributed by atoms with Crippen molar-refractivity contribution in [2.75, 3.05) is 13.7 Å². The predicted molar refractivity (Wildman–Crippen MR) is 106 cm³/mol. The van der Waals surface area contributed by atoms with Crippen LogP contribution < -0.4 is 10.6 Å². The first-order valence-electron chi connectivity index (χ1n) is 8.96. The quantitative estimate of drug-likeness (QED) is 0.227. The molecular formula is C20H33N3O3. The van der Waals surface area contributed by atoms with Gasteiger partial charge in [0.25, 0.3) is 5.91 Å². The molecule has 0 saturated carbocycles. The highest BCUT2D eigenvalue weighted by Crippen LogP contribution is 2.20. The molecule has 6 heteroatoms. The summed E-state index contributed by atoms with van der Waals surface area (Å²) in [4.78, 5) is 23.8. The van der Waals surface area contributed by atoms with Gasteiger partial charge in [-0.05, 0) is 23.8 Å². The van der Waals surface area contributed by atoms with Gasteiger partial charge < -0.3 is 20.8 Å². The molecule has 0 aromatic rings. The molecule has 0 aliphatic carbocycles. The van der Waals surface area contributed by atoms with Crippen LogP contribution in [0.25, 0.3) is 0 Å². The largest absolute Gasteiger partial charge is 0.459 e. The summed E-state index contributed by atoms with van der Waals surface area (Å²) < 4.78 is 5.25. The number of likely N-dealkylation sites (N-methyl/N-ethyl adjacent to an activating group) is 1. The molecule has 0 aromatic heterocycles. The lowest BCUT2D eigenvalue weighted by Crippen LogP contribution is -2.24. The molecule has 0 spiro atoms. The lowest BCUT2D eigenvalue weighted by molar-refractivity contribution is -0.142. The average Bonchev–Trinajstić information content (AvgIpc) is 2.59. The molecule has 0 saturated heterocycles. The predicted octanol–water partition coefficient (Wildman–Crippen LogP) is 3.32. The first-order valence-corrected chi connectivity index (χ1v) is 8.96. The first-order chi connectivity index (χ1) is 12.2. The monoisotopic (exact) mass is 363 g/mol. The van der Waals surface area contributed by atoms with Crippen LogP contribution in [0.15, 0.2) is 35.2 Å². The Labute approximate surface area is 157 Å². The number of amides is 1. The Morgan fingerprint density at radius 3 is 2.23 bits per heavy atom. The maximum atomic E-state index is 12.1. The Morgan fingerprint density at radius 2 is 1.81 bits per heavy atom. The van der Waals surface area contributed by atoms with Crippen LogP contribution in [0.1, 0.15) is 47.5 Å². The SMILES string of the molecule is C=C(C(=O)N/C=C(/C(C=N)=C(\COC(=O)CCC)NC)C(C)C)C(C)C. The maximum Gasteiger partial charge on any atom is 0.306 e. The molecule has 0 heterocycles. The van der Waals surface area contributed by atoms with Crippen molar-refractivity contribution in [2.24, 2.45) is 11.8 Å².